The summed E-state index contributed by atoms with van der Waals surface area (Å²) in [5.41, 5.74) is 0.388. The van der Waals surface area contributed by atoms with Gasteiger partial charge in [-0.25, -0.2) is 4.39 Å². The van der Waals surface area contributed by atoms with Crippen molar-refractivity contribution >= 4 is 0 Å². The van der Waals surface area contributed by atoms with E-state index >= 15 is 0 Å². The van der Waals surface area contributed by atoms with Crippen LogP contribution in [0.4, 0.5) is 4.39 Å². The molecule has 1 heteroatoms. The molecule has 1 rings (SSSR count). The highest BCUT2D eigenvalue weighted by molar-refractivity contribution is 4.89. The van der Waals surface area contributed by atoms with Crippen LogP contribution in [0.15, 0.2) is 0 Å². The van der Waals surface area contributed by atoms with Crippen molar-refractivity contribution in [3.63, 3.8) is 0 Å². The first-order valence-corrected chi connectivity index (χ1v) is 5.20. The Labute approximate surface area is 75.5 Å². The third-order valence-electron chi connectivity index (χ3n) is 3.36. The van der Waals surface area contributed by atoms with E-state index in [0.29, 0.717) is 11.3 Å². The molecule has 0 spiro atoms. The Morgan fingerprint density at radius 2 is 1.92 bits per heavy atom. The monoisotopic (exact) mass is 172 g/mol. The Bertz CT molecular complexity index is 134. The number of alkyl halides is 1. The molecule has 0 amide bonds. The molecule has 0 heterocycles. The fraction of sp³-hybridized carbons (Fsp3) is 1.00. The molecule has 1 aliphatic rings. The lowest BCUT2D eigenvalue weighted by molar-refractivity contribution is 0.0305. The van der Waals surface area contributed by atoms with Gasteiger partial charge in [0.2, 0.25) is 0 Å². The Morgan fingerprint density at radius 3 is 2.33 bits per heavy atom. The third-order valence-corrected chi connectivity index (χ3v) is 3.36. The van der Waals surface area contributed by atoms with Crippen molar-refractivity contribution in [3.8, 4) is 0 Å². The molecule has 0 saturated heterocycles. The van der Waals surface area contributed by atoms with Gasteiger partial charge >= 0.3 is 0 Å². The second-order valence-electron chi connectivity index (χ2n) is 4.86. The van der Waals surface area contributed by atoms with E-state index in [1.165, 1.54) is 19.3 Å². The minimum absolute atomic E-state index is 0.388. The lowest BCUT2D eigenvalue weighted by Gasteiger charge is -2.42. The molecule has 1 fully saturated rings. The van der Waals surface area contributed by atoms with E-state index in [0.717, 1.165) is 12.8 Å². The molecule has 0 aromatic rings. The summed E-state index contributed by atoms with van der Waals surface area (Å²) in [5.74, 6) is 0.652. The zero-order valence-corrected chi connectivity index (χ0v) is 8.57. The number of hydrogen-bond donors (Lipinski definition) is 0. The summed E-state index contributed by atoms with van der Waals surface area (Å²) in [4.78, 5) is 0. The maximum absolute atomic E-state index is 12.6. The Balaban J connectivity index is 2.27. The van der Waals surface area contributed by atoms with Crippen LogP contribution in [-0.2, 0) is 0 Å². The van der Waals surface area contributed by atoms with E-state index in [-0.39, 0.29) is 0 Å². The summed E-state index contributed by atoms with van der Waals surface area (Å²) in [7, 11) is 0. The van der Waals surface area contributed by atoms with Gasteiger partial charge in [0.1, 0.15) is 6.17 Å². The molecule has 0 nitrogen and oxygen atoms in total. The zero-order chi connectivity index (χ0) is 9.19. The molecule has 72 valence electrons. The van der Waals surface area contributed by atoms with Gasteiger partial charge in [-0.15, -0.1) is 0 Å². The molecule has 0 aromatic heterocycles. The van der Waals surface area contributed by atoms with Gasteiger partial charge in [0.15, 0.2) is 0 Å². The van der Waals surface area contributed by atoms with Gasteiger partial charge in [0.05, 0.1) is 0 Å². The highest BCUT2D eigenvalue weighted by Crippen LogP contribution is 2.45. The van der Waals surface area contributed by atoms with Gasteiger partial charge < -0.3 is 0 Å². The Hall–Kier alpha value is -0.0700. The fourth-order valence-corrected chi connectivity index (χ4v) is 2.02. The zero-order valence-electron chi connectivity index (χ0n) is 8.57. The van der Waals surface area contributed by atoms with Crippen molar-refractivity contribution in [2.45, 2.75) is 59.0 Å². The highest BCUT2D eigenvalue weighted by Gasteiger charge is 2.39. The molecule has 0 bridgehead atoms. The molecular formula is C11H21F. The SMILES string of the molecule is CCCCC(C)(C)C1CC(F)C1. The minimum Gasteiger partial charge on any atom is -0.247 e. The second-order valence-corrected chi connectivity index (χ2v) is 4.86. The van der Waals surface area contributed by atoms with Gasteiger partial charge in [0, 0.05) is 0 Å². The van der Waals surface area contributed by atoms with E-state index in [9.17, 15) is 4.39 Å². The molecular weight excluding hydrogens is 151 g/mol. The Morgan fingerprint density at radius 1 is 1.33 bits per heavy atom. The first kappa shape index (κ1) is 10.0. The molecule has 0 N–H and O–H groups in total. The van der Waals surface area contributed by atoms with E-state index in [2.05, 4.69) is 20.8 Å². The molecule has 0 aliphatic heterocycles. The number of unbranched alkanes of at least 4 members (excludes halogenated alkanes) is 1. The number of hydrogen-bond acceptors (Lipinski definition) is 0. The first-order valence-electron chi connectivity index (χ1n) is 5.20. The molecule has 1 saturated carbocycles. The smallest absolute Gasteiger partial charge is 0.101 e. The third kappa shape index (κ3) is 2.21. The lowest BCUT2D eigenvalue weighted by atomic mass is 9.64. The van der Waals surface area contributed by atoms with Crippen molar-refractivity contribution in [3.05, 3.63) is 0 Å². The topological polar surface area (TPSA) is 0 Å². The van der Waals surface area contributed by atoms with Crippen molar-refractivity contribution < 1.29 is 4.39 Å². The minimum atomic E-state index is -0.490. The van der Waals surface area contributed by atoms with Crippen LogP contribution < -0.4 is 0 Å². The first-order chi connectivity index (χ1) is 5.56. The molecule has 0 unspecified atom stereocenters. The predicted molar refractivity (Wildman–Crippen MR) is 50.9 cm³/mol. The lowest BCUT2D eigenvalue weighted by Crippen LogP contribution is -2.36. The highest BCUT2D eigenvalue weighted by atomic mass is 19.1. The average molecular weight is 172 g/mol. The van der Waals surface area contributed by atoms with E-state index in [4.69, 9.17) is 0 Å². The largest absolute Gasteiger partial charge is 0.247 e. The van der Waals surface area contributed by atoms with Crippen LogP contribution in [-0.4, -0.2) is 6.17 Å². The molecule has 0 aromatic carbocycles. The van der Waals surface area contributed by atoms with Gasteiger partial charge in [-0.2, -0.15) is 0 Å². The van der Waals surface area contributed by atoms with Crippen LogP contribution >= 0.6 is 0 Å². The Kier molecular flexibility index (Phi) is 3.14. The van der Waals surface area contributed by atoms with Crippen molar-refractivity contribution in [1.82, 2.24) is 0 Å². The van der Waals surface area contributed by atoms with E-state index in [1.807, 2.05) is 0 Å². The quantitative estimate of drug-likeness (QED) is 0.602. The maximum atomic E-state index is 12.6. The van der Waals surface area contributed by atoms with Crippen LogP contribution in [0.2, 0.25) is 0 Å². The standard InChI is InChI=1S/C11H21F/c1-4-5-6-11(2,3)9-7-10(12)8-9/h9-10H,4-8H2,1-3H3. The van der Waals surface area contributed by atoms with Crippen LogP contribution in [0.5, 0.6) is 0 Å². The van der Waals surface area contributed by atoms with E-state index in [1.54, 1.807) is 0 Å². The summed E-state index contributed by atoms with van der Waals surface area (Å²) < 4.78 is 12.6. The summed E-state index contributed by atoms with van der Waals surface area (Å²) in [6.45, 7) is 6.80. The average Bonchev–Trinajstić information content (AvgIpc) is 1.95. The fourth-order valence-electron chi connectivity index (χ4n) is 2.02. The van der Waals surface area contributed by atoms with Crippen molar-refractivity contribution in [2.75, 3.05) is 0 Å². The normalized spacial score (nSPS) is 30.0. The van der Waals surface area contributed by atoms with Crippen molar-refractivity contribution in [1.29, 1.82) is 0 Å². The summed E-state index contributed by atoms with van der Waals surface area (Å²) >= 11 is 0. The van der Waals surface area contributed by atoms with Gasteiger partial charge in [-0.3, -0.25) is 0 Å². The van der Waals surface area contributed by atoms with Crippen LogP contribution in [0, 0.1) is 11.3 Å². The van der Waals surface area contributed by atoms with Gasteiger partial charge in [-0.05, 0) is 30.6 Å². The van der Waals surface area contributed by atoms with Crippen LogP contribution in [0.3, 0.4) is 0 Å². The van der Waals surface area contributed by atoms with E-state index < -0.39 is 6.17 Å². The van der Waals surface area contributed by atoms with Crippen molar-refractivity contribution in [2.24, 2.45) is 11.3 Å². The van der Waals surface area contributed by atoms with Gasteiger partial charge in [0.25, 0.3) is 0 Å². The summed E-state index contributed by atoms with van der Waals surface area (Å²) in [6, 6.07) is 0. The summed E-state index contributed by atoms with van der Waals surface area (Å²) in [6.07, 6.45) is 4.96. The molecule has 0 atom stereocenters. The molecule has 12 heavy (non-hydrogen) atoms. The number of rotatable bonds is 4. The van der Waals surface area contributed by atoms with Crippen LogP contribution in [0.1, 0.15) is 52.9 Å². The molecule has 0 radical (unpaired) electrons. The predicted octanol–water partition coefficient (Wildman–Crippen LogP) is 3.95. The maximum Gasteiger partial charge on any atom is 0.101 e. The van der Waals surface area contributed by atoms with Gasteiger partial charge in [-0.1, -0.05) is 33.6 Å². The number of halogens is 1. The molecule has 1 aliphatic carbocycles. The summed E-state index contributed by atoms with van der Waals surface area (Å²) in [5, 5.41) is 0. The second kappa shape index (κ2) is 3.76. The van der Waals surface area contributed by atoms with Crippen LogP contribution in [0.25, 0.3) is 0 Å².